The molecular weight excluding hydrogens is 394 g/mol. The number of thiophene rings is 1. The Morgan fingerprint density at radius 3 is 2.23 bits per heavy atom. The zero-order chi connectivity index (χ0) is 21.4. The Morgan fingerprint density at radius 2 is 1.67 bits per heavy atom. The Hall–Kier alpha value is -3.89. The molecule has 0 spiro atoms. The highest BCUT2D eigenvalue weighted by Gasteiger charge is 2.24. The summed E-state index contributed by atoms with van der Waals surface area (Å²) < 4.78 is 0.688. The second-order valence-corrected chi connectivity index (χ2v) is 8.08. The van der Waals surface area contributed by atoms with Crippen molar-refractivity contribution in [3.05, 3.63) is 70.8 Å². The molecule has 30 heavy (non-hydrogen) atoms. The number of nitriles is 1. The number of aromatic nitrogens is 1. The normalized spacial score (nSPS) is 10.7. The van der Waals surface area contributed by atoms with E-state index in [1.54, 1.807) is 0 Å². The van der Waals surface area contributed by atoms with Gasteiger partial charge in [0, 0.05) is 11.3 Å². The number of nitrogen functional groups attached to an aromatic ring is 1. The van der Waals surface area contributed by atoms with Crippen molar-refractivity contribution in [2.45, 2.75) is 13.8 Å². The molecular formula is C23H19N5OS. The van der Waals surface area contributed by atoms with Gasteiger partial charge in [-0.2, -0.15) is 5.26 Å². The van der Waals surface area contributed by atoms with E-state index in [4.69, 9.17) is 11.5 Å². The van der Waals surface area contributed by atoms with Gasteiger partial charge in [0.05, 0.1) is 10.2 Å². The predicted molar refractivity (Wildman–Crippen MR) is 122 cm³/mol. The number of primary amides is 1. The largest absolute Gasteiger partial charge is 0.383 e. The summed E-state index contributed by atoms with van der Waals surface area (Å²) in [4.78, 5) is 16.7. The smallest absolute Gasteiger partial charge is 0.253 e. The number of rotatable bonds is 4. The first-order chi connectivity index (χ1) is 14.4. The Balaban J connectivity index is 2.01. The van der Waals surface area contributed by atoms with Crippen LogP contribution in [0.15, 0.2) is 48.5 Å². The zero-order valence-electron chi connectivity index (χ0n) is 16.5. The van der Waals surface area contributed by atoms with Crippen LogP contribution in [0.3, 0.4) is 0 Å². The van der Waals surface area contributed by atoms with Gasteiger partial charge in [-0.15, -0.1) is 11.3 Å². The van der Waals surface area contributed by atoms with Gasteiger partial charge in [0.2, 0.25) is 0 Å². The molecule has 5 N–H and O–H groups in total. The number of nitrogens with zero attached hydrogens (tertiary/aromatic N) is 2. The van der Waals surface area contributed by atoms with Crippen LogP contribution in [-0.2, 0) is 0 Å². The van der Waals surface area contributed by atoms with E-state index in [0.29, 0.717) is 20.8 Å². The summed E-state index contributed by atoms with van der Waals surface area (Å²) in [6.45, 7) is 3.99. The van der Waals surface area contributed by atoms with Crippen LogP contribution in [0.5, 0.6) is 0 Å². The van der Waals surface area contributed by atoms with E-state index in [9.17, 15) is 10.1 Å². The summed E-state index contributed by atoms with van der Waals surface area (Å²) in [6, 6.07) is 17.8. The third-order valence-corrected chi connectivity index (χ3v) is 5.97. The average molecular weight is 414 g/mol. The van der Waals surface area contributed by atoms with Crippen molar-refractivity contribution in [3.8, 4) is 17.2 Å². The van der Waals surface area contributed by atoms with Gasteiger partial charge in [-0.1, -0.05) is 47.5 Å². The maximum absolute atomic E-state index is 12.3. The molecule has 0 atom stereocenters. The quantitative estimate of drug-likeness (QED) is 0.441. The van der Waals surface area contributed by atoms with E-state index in [1.807, 2.05) is 62.4 Å². The fourth-order valence-corrected chi connectivity index (χ4v) is 4.55. The van der Waals surface area contributed by atoms with E-state index < -0.39 is 5.91 Å². The number of hydrogen-bond donors (Lipinski definition) is 3. The number of nitrogens with one attached hydrogen (secondary N) is 1. The molecule has 4 aromatic rings. The van der Waals surface area contributed by atoms with Crippen LogP contribution in [0.4, 0.5) is 16.5 Å². The van der Waals surface area contributed by atoms with Gasteiger partial charge in [-0.3, -0.25) is 4.79 Å². The third kappa shape index (κ3) is 3.34. The number of hydrogen-bond acceptors (Lipinski definition) is 6. The van der Waals surface area contributed by atoms with Crippen molar-refractivity contribution in [1.29, 1.82) is 5.26 Å². The first-order valence-electron chi connectivity index (χ1n) is 9.25. The molecule has 2 aromatic heterocycles. The lowest BCUT2D eigenvalue weighted by atomic mass is 9.99. The van der Waals surface area contributed by atoms with Crippen LogP contribution >= 0.6 is 11.3 Å². The van der Waals surface area contributed by atoms with Crippen molar-refractivity contribution in [1.82, 2.24) is 4.98 Å². The number of anilines is 3. The summed E-state index contributed by atoms with van der Waals surface area (Å²) in [5.74, 6) is -0.537. The molecule has 0 aliphatic heterocycles. The molecule has 0 fully saturated rings. The molecule has 7 heteroatoms. The fraction of sp³-hybridized carbons (Fsp3) is 0.0870. The summed E-state index contributed by atoms with van der Waals surface area (Å²) in [6.07, 6.45) is 0. The van der Waals surface area contributed by atoms with Crippen molar-refractivity contribution < 1.29 is 4.79 Å². The molecule has 0 saturated carbocycles. The van der Waals surface area contributed by atoms with Crippen LogP contribution in [0.1, 0.15) is 27.0 Å². The lowest BCUT2D eigenvalue weighted by Gasteiger charge is -2.09. The van der Waals surface area contributed by atoms with Crippen LogP contribution < -0.4 is 16.8 Å². The molecule has 6 nitrogen and oxygen atoms in total. The van der Waals surface area contributed by atoms with Crippen LogP contribution in [0, 0.1) is 25.2 Å². The van der Waals surface area contributed by atoms with Gasteiger partial charge < -0.3 is 16.8 Å². The van der Waals surface area contributed by atoms with Crippen LogP contribution in [0.2, 0.25) is 0 Å². The Morgan fingerprint density at radius 1 is 1.07 bits per heavy atom. The lowest BCUT2D eigenvalue weighted by molar-refractivity contribution is 0.100. The standard InChI is InChI=1S/C23H19N5OS/c1-12-3-7-14(8-4-12)17-16(11-24)21(25)28-19-18(22(26)29)23(30-20(17)19)27-15-9-5-13(2)6-10-15/h3-10,27H,1-2H3,(H2,25,28)(H2,26,29). The van der Waals surface area contributed by atoms with Gasteiger partial charge in [0.25, 0.3) is 5.91 Å². The number of carbonyl (C=O) groups is 1. The van der Waals surface area contributed by atoms with Crippen LogP contribution in [-0.4, -0.2) is 10.9 Å². The number of aryl methyl sites for hydroxylation is 2. The molecule has 0 bridgehead atoms. The van der Waals surface area contributed by atoms with Crippen molar-refractivity contribution in [2.75, 3.05) is 11.1 Å². The van der Waals surface area contributed by atoms with E-state index in [1.165, 1.54) is 11.3 Å². The molecule has 0 aliphatic carbocycles. The number of carbonyl (C=O) groups excluding carboxylic acids is 1. The minimum absolute atomic E-state index is 0.0720. The second-order valence-electron chi connectivity index (χ2n) is 7.06. The van der Waals surface area contributed by atoms with E-state index in [0.717, 1.165) is 22.4 Å². The Bertz CT molecular complexity index is 1320. The summed E-state index contributed by atoms with van der Waals surface area (Å²) in [5, 5.41) is 13.6. The molecule has 1 amide bonds. The van der Waals surface area contributed by atoms with Gasteiger partial charge in [-0.25, -0.2) is 4.98 Å². The highest BCUT2D eigenvalue weighted by atomic mass is 32.1. The number of fused-ring (bicyclic) bond motifs is 1. The third-order valence-electron chi connectivity index (χ3n) is 4.86. The molecule has 4 rings (SSSR count). The number of benzene rings is 2. The van der Waals surface area contributed by atoms with Crippen molar-refractivity contribution >= 4 is 44.0 Å². The number of nitrogens with two attached hydrogens (primary N) is 2. The highest BCUT2D eigenvalue weighted by Crippen LogP contribution is 2.44. The second kappa shape index (κ2) is 7.50. The minimum atomic E-state index is -0.609. The Labute approximate surface area is 177 Å². The van der Waals surface area contributed by atoms with Gasteiger partial charge in [0.1, 0.15) is 28.0 Å². The Kier molecular flexibility index (Phi) is 4.86. The zero-order valence-corrected chi connectivity index (χ0v) is 17.3. The summed E-state index contributed by atoms with van der Waals surface area (Å²) in [7, 11) is 0. The molecule has 2 heterocycles. The fourth-order valence-electron chi connectivity index (χ4n) is 3.31. The van der Waals surface area contributed by atoms with Gasteiger partial charge in [-0.05, 0) is 31.5 Å². The maximum Gasteiger partial charge on any atom is 0.253 e. The predicted octanol–water partition coefficient (Wildman–Crippen LogP) is 4.88. The maximum atomic E-state index is 12.3. The first kappa shape index (κ1) is 19.4. The molecule has 148 valence electrons. The molecule has 0 unspecified atom stereocenters. The van der Waals surface area contributed by atoms with Gasteiger partial charge >= 0.3 is 0 Å². The minimum Gasteiger partial charge on any atom is -0.383 e. The summed E-state index contributed by atoms with van der Waals surface area (Å²) in [5.41, 5.74) is 17.3. The molecule has 0 radical (unpaired) electrons. The SMILES string of the molecule is Cc1ccc(Nc2sc3c(-c4ccc(C)cc4)c(C#N)c(N)nc3c2C(N)=O)cc1. The van der Waals surface area contributed by atoms with Crippen molar-refractivity contribution in [3.63, 3.8) is 0 Å². The number of pyridine rings is 1. The van der Waals surface area contributed by atoms with E-state index in [-0.39, 0.29) is 16.9 Å². The van der Waals surface area contributed by atoms with E-state index in [2.05, 4.69) is 16.4 Å². The topological polar surface area (TPSA) is 118 Å². The average Bonchev–Trinajstić information content (AvgIpc) is 3.07. The highest BCUT2D eigenvalue weighted by molar-refractivity contribution is 7.24. The summed E-state index contributed by atoms with van der Waals surface area (Å²) >= 11 is 1.33. The number of amides is 1. The van der Waals surface area contributed by atoms with Crippen molar-refractivity contribution in [2.24, 2.45) is 5.73 Å². The molecule has 0 aliphatic rings. The van der Waals surface area contributed by atoms with Gasteiger partial charge in [0.15, 0.2) is 0 Å². The first-order valence-corrected chi connectivity index (χ1v) is 10.1. The molecule has 2 aromatic carbocycles. The van der Waals surface area contributed by atoms with E-state index >= 15 is 0 Å². The molecule has 0 saturated heterocycles. The monoisotopic (exact) mass is 413 g/mol. The van der Waals surface area contributed by atoms with Crippen LogP contribution in [0.25, 0.3) is 21.3 Å². The lowest BCUT2D eigenvalue weighted by Crippen LogP contribution is -2.13.